The van der Waals surface area contributed by atoms with Gasteiger partial charge in [0.05, 0.1) is 0 Å². The first-order valence-corrected chi connectivity index (χ1v) is 8.95. The third-order valence-corrected chi connectivity index (χ3v) is 6.79. The van der Waals surface area contributed by atoms with Gasteiger partial charge in [0.25, 0.3) is 11.8 Å². The molecule has 5 aliphatic heterocycles. The standard InChI is InChI=1S/C19H23N3O4/c1-11(2)13-10-18-6-5-7-22(18)17(26)19(13,21(4)16(18)25)9-12-8-14(23)20(3)15(12)24/h8,13H,1,5-7,9-10H2,2-4H3/t13-,18-,19+/m1/s1. The van der Waals surface area contributed by atoms with Crippen LogP contribution in [0.5, 0.6) is 0 Å². The minimum absolute atomic E-state index is 0.0487. The van der Waals surface area contributed by atoms with E-state index in [1.807, 2.05) is 6.92 Å². The Bertz CT molecular complexity index is 816. The van der Waals surface area contributed by atoms with E-state index in [1.165, 1.54) is 18.0 Å². The molecule has 1 spiro atoms. The number of amides is 4. The first-order chi connectivity index (χ1) is 12.2. The van der Waals surface area contributed by atoms with Crippen LogP contribution in [0.15, 0.2) is 23.8 Å². The van der Waals surface area contributed by atoms with Crippen LogP contribution in [-0.4, -0.2) is 70.0 Å². The summed E-state index contributed by atoms with van der Waals surface area (Å²) in [6.45, 7) is 6.52. The first-order valence-electron chi connectivity index (χ1n) is 8.95. The summed E-state index contributed by atoms with van der Waals surface area (Å²) in [6, 6.07) is 0. The Hall–Kier alpha value is -2.44. The molecule has 4 saturated heterocycles. The maximum atomic E-state index is 13.6. The van der Waals surface area contributed by atoms with Crippen LogP contribution in [0.2, 0.25) is 0 Å². The summed E-state index contributed by atoms with van der Waals surface area (Å²) in [6.07, 6.45) is 3.35. The van der Waals surface area contributed by atoms with Crippen molar-refractivity contribution < 1.29 is 19.2 Å². The van der Waals surface area contributed by atoms with Crippen molar-refractivity contribution in [3.8, 4) is 0 Å². The highest BCUT2D eigenvalue weighted by molar-refractivity contribution is 6.17. The second-order valence-corrected chi connectivity index (χ2v) is 8.03. The van der Waals surface area contributed by atoms with Crippen LogP contribution in [0, 0.1) is 5.92 Å². The van der Waals surface area contributed by atoms with Crippen LogP contribution in [0.1, 0.15) is 32.6 Å². The lowest BCUT2D eigenvalue weighted by Gasteiger charge is -2.63. The molecule has 0 saturated carbocycles. The molecule has 0 radical (unpaired) electrons. The quantitative estimate of drug-likeness (QED) is 0.543. The van der Waals surface area contributed by atoms with Gasteiger partial charge in [-0.3, -0.25) is 24.1 Å². The van der Waals surface area contributed by atoms with Crippen molar-refractivity contribution in [2.45, 2.75) is 43.7 Å². The number of likely N-dealkylation sites (N-methyl/N-ethyl adjacent to an activating group) is 2. The molecule has 7 nitrogen and oxygen atoms in total. The second kappa shape index (κ2) is 5.05. The number of carbonyl (C=O) groups excluding carboxylic acids is 4. The molecule has 0 aromatic carbocycles. The number of fused-ring (bicyclic) bond motifs is 2. The van der Waals surface area contributed by atoms with Crippen LogP contribution < -0.4 is 0 Å². The van der Waals surface area contributed by atoms with E-state index in [1.54, 1.807) is 11.9 Å². The van der Waals surface area contributed by atoms with Crippen LogP contribution in [-0.2, 0) is 19.2 Å². The van der Waals surface area contributed by atoms with E-state index >= 15 is 0 Å². The van der Waals surface area contributed by atoms with E-state index < -0.39 is 22.9 Å². The Morgan fingerprint density at radius 1 is 1.23 bits per heavy atom. The maximum absolute atomic E-state index is 13.6. The number of nitrogens with zero attached hydrogens (tertiary/aromatic N) is 3. The minimum Gasteiger partial charge on any atom is -0.328 e. The zero-order chi connectivity index (χ0) is 19.0. The Kier molecular flexibility index (Phi) is 3.30. The SMILES string of the molecule is C=C(C)[C@H]1C[C@@]23CCCN2C(=O)[C@@]1(CC1=CC(=O)N(C)C1=O)N(C)C3=O. The van der Waals surface area contributed by atoms with Crippen molar-refractivity contribution in [1.29, 1.82) is 0 Å². The number of imide groups is 1. The summed E-state index contributed by atoms with van der Waals surface area (Å²) < 4.78 is 0. The van der Waals surface area contributed by atoms with E-state index in [0.717, 1.165) is 16.9 Å². The van der Waals surface area contributed by atoms with Crippen LogP contribution in [0.3, 0.4) is 0 Å². The first kappa shape index (κ1) is 17.0. The van der Waals surface area contributed by atoms with E-state index in [-0.39, 0.29) is 29.7 Å². The molecule has 0 N–H and O–H groups in total. The molecule has 0 aromatic heterocycles. The number of rotatable bonds is 3. The van der Waals surface area contributed by atoms with Gasteiger partial charge >= 0.3 is 0 Å². The molecule has 4 fully saturated rings. The molecule has 5 aliphatic rings. The highest BCUT2D eigenvalue weighted by atomic mass is 16.2. The third kappa shape index (κ3) is 1.73. The van der Waals surface area contributed by atoms with Crippen molar-refractivity contribution in [2.75, 3.05) is 20.6 Å². The molecule has 138 valence electrons. The summed E-state index contributed by atoms with van der Waals surface area (Å²) in [4.78, 5) is 55.4. The van der Waals surface area contributed by atoms with Crippen molar-refractivity contribution in [2.24, 2.45) is 5.92 Å². The molecule has 0 aliphatic carbocycles. The maximum Gasteiger partial charge on any atom is 0.256 e. The van der Waals surface area contributed by atoms with E-state index in [9.17, 15) is 19.2 Å². The Labute approximate surface area is 152 Å². The molecular weight excluding hydrogens is 334 g/mol. The Morgan fingerprint density at radius 3 is 2.50 bits per heavy atom. The molecule has 0 unspecified atom stereocenters. The fourth-order valence-corrected chi connectivity index (χ4v) is 5.40. The molecule has 3 atom stereocenters. The van der Waals surface area contributed by atoms with Gasteiger partial charge < -0.3 is 9.80 Å². The molecule has 2 bridgehead atoms. The van der Waals surface area contributed by atoms with Gasteiger partial charge in [0.1, 0.15) is 11.1 Å². The summed E-state index contributed by atoms with van der Waals surface area (Å²) in [7, 11) is 3.07. The van der Waals surface area contributed by atoms with Crippen LogP contribution in [0.25, 0.3) is 0 Å². The van der Waals surface area contributed by atoms with Gasteiger partial charge in [0.15, 0.2) is 0 Å². The van der Waals surface area contributed by atoms with Crippen molar-refractivity contribution in [3.63, 3.8) is 0 Å². The van der Waals surface area contributed by atoms with Crippen LogP contribution >= 0.6 is 0 Å². The second-order valence-electron chi connectivity index (χ2n) is 8.03. The largest absolute Gasteiger partial charge is 0.328 e. The highest BCUT2D eigenvalue weighted by Gasteiger charge is 2.71. The topological polar surface area (TPSA) is 78.0 Å². The van der Waals surface area contributed by atoms with E-state index in [4.69, 9.17) is 0 Å². The molecule has 4 amide bonds. The van der Waals surface area contributed by atoms with Gasteiger partial charge in [-0.15, -0.1) is 0 Å². The molecule has 5 heterocycles. The predicted octanol–water partition coefficient (Wildman–Crippen LogP) is 0.469. The lowest BCUT2D eigenvalue weighted by atomic mass is 9.60. The molecule has 7 heteroatoms. The van der Waals surface area contributed by atoms with Gasteiger partial charge in [-0.05, 0) is 26.2 Å². The number of piperidine rings is 2. The molecule has 0 aromatic rings. The lowest BCUT2D eigenvalue weighted by Crippen LogP contribution is -2.81. The lowest BCUT2D eigenvalue weighted by molar-refractivity contribution is -0.192. The monoisotopic (exact) mass is 357 g/mol. The summed E-state index contributed by atoms with van der Waals surface area (Å²) in [5.74, 6) is -1.20. The van der Waals surface area contributed by atoms with Gasteiger partial charge in [0, 0.05) is 44.6 Å². The average Bonchev–Trinajstić information content (AvgIpc) is 3.13. The predicted molar refractivity (Wildman–Crippen MR) is 92.6 cm³/mol. The van der Waals surface area contributed by atoms with Gasteiger partial charge in [-0.1, -0.05) is 12.2 Å². The number of hydrogen-bond donors (Lipinski definition) is 0. The summed E-state index contributed by atoms with van der Waals surface area (Å²) in [5.41, 5.74) is -0.834. The summed E-state index contributed by atoms with van der Waals surface area (Å²) in [5, 5.41) is 0. The van der Waals surface area contributed by atoms with E-state index in [0.29, 0.717) is 19.4 Å². The molecule has 5 rings (SSSR count). The minimum atomic E-state index is -1.18. The zero-order valence-corrected chi connectivity index (χ0v) is 15.4. The highest BCUT2D eigenvalue weighted by Crippen LogP contribution is 2.56. The number of hydrogen-bond acceptors (Lipinski definition) is 4. The van der Waals surface area contributed by atoms with Crippen molar-refractivity contribution in [3.05, 3.63) is 23.8 Å². The van der Waals surface area contributed by atoms with Gasteiger partial charge in [-0.25, -0.2) is 0 Å². The van der Waals surface area contributed by atoms with E-state index in [2.05, 4.69) is 6.58 Å². The fraction of sp³-hybridized carbons (Fsp3) is 0.579. The fourth-order valence-electron chi connectivity index (χ4n) is 5.40. The number of carbonyl (C=O) groups is 4. The van der Waals surface area contributed by atoms with Gasteiger partial charge in [-0.2, -0.15) is 0 Å². The Balaban J connectivity index is 1.85. The van der Waals surface area contributed by atoms with Crippen molar-refractivity contribution >= 4 is 23.6 Å². The van der Waals surface area contributed by atoms with Crippen molar-refractivity contribution in [1.82, 2.24) is 14.7 Å². The average molecular weight is 357 g/mol. The molecular formula is C19H23N3O4. The molecule has 26 heavy (non-hydrogen) atoms. The normalized spacial score (nSPS) is 36.2. The summed E-state index contributed by atoms with van der Waals surface area (Å²) >= 11 is 0. The smallest absolute Gasteiger partial charge is 0.256 e. The van der Waals surface area contributed by atoms with Crippen LogP contribution in [0.4, 0.5) is 0 Å². The Morgan fingerprint density at radius 2 is 1.92 bits per heavy atom. The number of piperazine rings is 1. The third-order valence-electron chi connectivity index (χ3n) is 6.79. The zero-order valence-electron chi connectivity index (χ0n) is 15.4. The van der Waals surface area contributed by atoms with Gasteiger partial charge in [0.2, 0.25) is 11.8 Å².